The first-order chi connectivity index (χ1) is 7.09. The molecule has 1 aliphatic rings. The summed E-state index contributed by atoms with van der Waals surface area (Å²) in [4.78, 5) is 0.402. The van der Waals surface area contributed by atoms with Gasteiger partial charge in [-0.2, -0.15) is 0 Å². The molecule has 5 heteroatoms. The van der Waals surface area contributed by atoms with E-state index in [2.05, 4.69) is 0 Å². The number of benzene rings is 1. The summed E-state index contributed by atoms with van der Waals surface area (Å²) in [6.45, 7) is 0.166. The molecule has 1 atom stereocenters. The van der Waals surface area contributed by atoms with Crippen molar-refractivity contribution in [2.75, 3.05) is 13.7 Å². The zero-order valence-corrected chi connectivity index (χ0v) is 9.25. The number of ether oxygens (including phenoxy) is 1. The lowest BCUT2D eigenvalue weighted by atomic mass is 10.1. The third-order valence-electron chi connectivity index (χ3n) is 2.72. The molecular formula is C10H13NO3S. The normalized spacial score (nSPS) is 22.4. The van der Waals surface area contributed by atoms with Crippen molar-refractivity contribution in [2.45, 2.75) is 16.6 Å². The molecule has 2 rings (SSSR count). The maximum Gasteiger partial charge on any atom is 0.183 e. The molecule has 1 aliphatic heterocycles. The Morgan fingerprint density at radius 1 is 1.53 bits per heavy atom. The summed E-state index contributed by atoms with van der Waals surface area (Å²) in [6.07, 6.45) is 0.491. The van der Waals surface area contributed by atoms with Crippen molar-refractivity contribution < 1.29 is 13.2 Å². The molecule has 1 unspecified atom stereocenters. The predicted molar refractivity (Wildman–Crippen MR) is 56.7 cm³/mol. The first-order valence-corrected chi connectivity index (χ1v) is 6.25. The van der Waals surface area contributed by atoms with Gasteiger partial charge in [-0.25, -0.2) is 8.42 Å². The van der Waals surface area contributed by atoms with Gasteiger partial charge in [-0.05, 0) is 30.2 Å². The quantitative estimate of drug-likeness (QED) is 0.791. The van der Waals surface area contributed by atoms with E-state index in [0.717, 1.165) is 5.56 Å². The predicted octanol–water partition coefficient (Wildman–Crippen LogP) is 0.352. The van der Waals surface area contributed by atoms with Crippen LogP contribution in [0.5, 0.6) is 5.75 Å². The van der Waals surface area contributed by atoms with Gasteiger partial charge in [-0.1, -0.05) is 0 Å². The molecule has 2 N–H and O–H groups in total. The van der Waals surface area contributed by atoms with Gasteiger partial charge in [0.15, 0.2) is 9.84 Å². The summed E-state index contributed by atoms with van der Waals surface area (Å²) in [5, 5.41) is -0.473. The van der Waals surface area contributed by atoms with Crippen LogP contribution >= 0.6 is 0 Å². The number of sulfone groups is 1. The Kier molecular flexibility index (Phi) is 2.44. The number of methoxy groups -OCH3 is 1. The van der Waals surface area contributed by atoms with Gasteiger partial charge < -0.3 is 10.5 Å². The molecule has 0 amide bonds. The van der Waals surface area contributed by atoms with E-state index in [0.29, 0.717) is 17.1 Å². The van der Waals surface area contributed by atoms with Gasteiger partial charge >= 0.3 is 0 Å². The lowest BCUT2D eigenvalue weighted by Gasteiger charge is -2.04. The number of fused-ring (bicyclic) bond motifs is 1. The number of nitrogens with two attached hydrogens (primary N) is 1. The Morgan fingerprint density at radius 3 is 2.87 bits per heavy atom. The highest BCUT2D eigenvalue weighted by atomic mass is 32.2. The lowest BCUT2D eigenvalue weighted by Crippen LogP contribution is -2.26. The molecule has 1 heterocycles. The van der Waals surface area contributed by atoms with Crippen LogP contribution in [0, 0.1) is 0 Å². The van der Waals surface area contributed by atoms with Crippen molar-refractivity contribution in [2.24, 2.45) is 5.73 Å². The van der Waals surface area contributed by atoms with Crippen LogP contribution in [0.3, 0.4) is 0 Å². The van der Waals surface area contributed by atoms with Crippen molar-refractivity contribution in [1.29, 1.82) is 0 Å². The summed E-state index contributed by atoms with van der Waals surface area (Å²) in [6, 6.07) is 5.02. The first kappa shape index (κ1) is 10.4. The van der Waals surface area contributed by atoms with Crippen molar-refractivity contribution in [3.05, 3.63) is 23.8 Å². The smallest absolute Gasteiger partial charge is 0.183 e. The summed E-state index contributed by atoms with van der Waals surface area (Å²) < 4.78 is 28.8. The Balaban J connectivity index is 2.53. The van der Waals surface area contributed by atoms with E-state index in [9.17, 15) is 8.42 Å². The second-order valence-corrected chi connectivity index (χ2v) is 5.78. The van der Waals surface area contributed by atoms with Crippen LogP contribution < -0.4 is 10.5 Å². The monoisotopic (exact) mass is 227 g/mol. The Bertz CT molecular complexity index is 481. The maximum absolute atomic E-state index is 11.9. The highest BCUT2D eigenvalue weighted by Gasteiger charge is 2.35. The average Bonchev–Trinajstić information content (AvgIpc) is 2.49. The van der Waals surface area contributed by atoms with E-state index >= 15 is 0 Å². The molecule has 0 aromatic heterocycles. The summed E-state index contributed by atoms with van der Waals surface area (Å²) in [7, 11) is -1.64. The summed E-state index contributed by atoms with van der Waals surface area (Å²) in [5.41, 5.74) is 6.26. The zero-order chi connectivity index (χ0) is 11.1. The Morgan fingerprint density at radius 2 is 2.27 bits per heavy atom. The molecule has 82 valence electrons. The number of hydrogen-bond acceptors (Lipinski definition) is 4. The van der Waals surface area contributed by atoms with Crippen LogP contribution in [0.15, 0.2) is 23.1 Å². The maximum atomic E-state index is 11.9. The van der Waals surface area contributed by atoms with Crippen molar-refractivity contribution in [3.8, 4) is 5.75 Å². The second-order valence-electron chi connectivity index (χ2n) is 3.58. The van der Waals surface area contributed by atoms with Gasteiger partial charge in [0.2, 0.25) is 0 Å². The average molecular weight is 227 g/mol. The van der Waals surface area contributed by atoms with Gasteiger partial charge in [-0.15, -0.1) is 0 Å². The Labute approximate surface area is 89.0 Å². The summed E-state index contributed by atoms with van der Waals surface area (Å²) >= 11 is 0. The van der Waals surface area contributed by atoms with Gasteiger partial charge in [-0.3, -0.25) is 0 Å². The molecule has 1 aromatic carbocycles. The van der Waals surface area contributed by atoms with E-state index in [4.69, 9.17) is 10.5 Å². The molecule has 0 fully saturated rings. The van der Waals surface area contributed by atoms with Gasteiger partial charge in [0.05, 0.1) is 17.3 Å². The second kappa shape index (κ2) is 3.50. The van der Waals surface area contributed by atoms with Gasteiger partial charge in [0.1, 0.15) is 5.75 Å². The minimum atomic E-state index is -3.20. The fraction of sp³-hybridized carbons (Fsp3) is 0.400. The molecule has 0 radical (unpaired) electrons. The molecule has 4 nitrogen and oxygen atoms in total. The largest absolute Gasteiger partial charge is 0.497 e. The van der Waals surface area contributed by atoms with E-state index in [-0.39, 0.29) is 6.54 Å². The van der Waals surface area contributed by atoms with Crippen molar-refractivity contribution >= 4 is 9.84 Å². The minimum Gasteiger partial charge on any atom is -0.497 e. The fourth-order valence-corrected chi connectivity index (χ4v) is 3.64. The van der Waals surface area contributed by atoms with E-state index in [1.54, 1.807) is 25.3 Å². The van der Waals surface area contributed by atoms with E-state index < -0.39 is 15.1 Å². The van der Waals surface area contributed by atoms with Gasteiger partial charge in [0.25, 0.3) is 0 Å². The van der Waals surface area contributed by atoms with Crippen molar-refractivity contribution in [1.82, 2.24) is 0 Å². The van der Waals surface area contributed by atoms with Crippen LogP contribution in [0.1, 0.15) is 5.56 Å². The third kappa shape index (κ3) is 1.52. The standard InChI is InChI=1S/C10H13NO3S/c1-14-8-2-3-10-7(4-8)5-9(6-11)15(10,12)13/h2-4,9H,5-6,11H2,1H3. The molecule has 1 aromatic rings. The van der Waals surface area contributed by atoms with Gasteiger partial charge in [0, 0.05) is 6.54 Å². The SMILES string of the molecule is COc1ccc2c(c1)CC(CN)S2(=O)=O. The Hall–Kier alpha value is -1.07. The molecule has 0 bridgehead atoms. The molecule has 0 saturated carbocycles. The lowest BCUT2D eigenvalue weighted by molar-refractivity contribution is 0.414. The zero-order valence-electron chi connectivity index (χ0n) is 8.43. The molecule has 0 saturated heterocycles. The molecule has 15 heavy (non-hydrogen) atoms. The number of rotatable bonds is 2. The van der Waals surface area contributed by atoms with E-state index in [1.807, 2.05) is 0 Å². The first-order valence-electron chi connectivity index (χ1n) is 4.70. The van der Waals surface area contributed by atoms with Crippen LogP contribution in [-0.2, 0) is 16.3 Å². The summed E-state index contributed by atoms with van der Waals surface area (Å²) in [5.74, 6) is 0.682. The topological polar surface area (TPSA) is 69.4 Å². The van der Waals surface area contributed by atoms with Crippen LogP contribution in [0.2, 0.25) is 0 Å². The molecule has 0 spiro atoms. The van der Waals surface area contributed by atoms with Crippen LogP contribution in [0.25, 0.3) is 0 Å². The van der Waals surface area contributed by atoms with Crippen molar-refractivity contribution in [3.63, 3.8) is 0 Å². The fourth-order valence-electron chi connectivity index (χ4n) is 1.86. The molecule has 0 aliphatic carbocycles. The van der Waals surface area contributed by atoms with Crippen LogP contribution in [-0.4, -0.2) is 27.3 Å². The highest BCUT2D eigenvalue weighted by molar-refractivity contribution is 7.92. The minimum absolute atomic E-state index is 0.166. The van der Waals surface area contributed by atoms with Crippen LogP contribution in [0.4, 0.5) is 0 Å². The number of hydrogen-bond donors (Lipinski definition) is 1. The highest BCUT2D eigenvalue weighted by Crippen LogP contribution is 2.33. The molecular weight excluding hydrogens is 214 g/mol. The van der Waals surface area contributed by atoms with E-state index in [1.165, 1.54) is 0 Å². The third-order valence-corrected chi connectivity index (χ3v) is 4.97.